The number of aromatic nitrogens is 2. The summed E-state index contributed by atoms with van der Waals surface area (Å²) in [5.41, 5.74) is 4.43. The van der Waals surface area contributed by atoms with Crippen LogP contribution in [0.4, 0.5) is 4.79 Å². The summed E-state index contributed by atoms with van der Waals surface area (Å²) in [4.78, 5) is 19.6. The zero-order valence-corrected chi connectivity index (χ0v) is 21.1. The zero-order valence-electron chi connectivity index (χ0n) is 21.1. The molecule has 35 heavy (non-hydrogen) atoms. The molecule has 0 saturated carbocycles. The van der Waals surface area contributed by atoms with Crippen LogP contribution in [0.25, 0.3) is 17.0 Å². The van der Waals surface area contributed by atoms with Crippen molar-refractivity contribution < 1.29 is 18.8 Å². The fraction of sp³-hybridized carbons (Fsp3) is 0.370. The van der Waals surface area contributed by atoms with Gasteiger partial charge in [0.05, 0.1) is 25.8 Å². The Balaban J connectivity index is 1.78. The molecule has 184 valence electrons. The van der Waals surface area contributed by atoms with Crippen molar-refractivity contribution in [2.45, 2.75) is 40.2 Å². The van der Waals surface area contributed by atoms with Gasteiger partial charge in [0, 0.05) is 17.8 Å². The van der Waals surface area contributed by atoms with E-state index in [0.29, 0.717) is 35.7 Å². The van der Waals surface area contributed by atoms with Crippen molar-refractivity contribution in [2.24, 2.45) is 5.92 Å². The van der Waals surface area contributed by atoms with Gasteiger partial charge in [-0.3, -0.25) is 4.90 Å². The molecule has 0 fully saturated rings. The molecular weight excluding hydrogens is 444 g/mol. The number of benzene rings is 2. The molecule has 0 saturated heterocycles. The number of ether oxygens (including phenoxy) is 2. The summed E-state index contributed by atoms with van der Waals surface area (Å²) in [6.45, 7) is 8.87. The van der Waals surface area contributed by atoms with Crippen LogP contribution < -0.4 is 14.8 Å². The number of carbonyl (C=O) groups excluding carboxylic acids is 1. The second-order valence-electron chi connectivity index (χ2n) is 9.12. The third-order valence-corrected chi connectivity index (χ3v) is 6.24. The second-order valence-corrected chi connectivity index (χ2v) is 9.12. The number of nitrogens with zero attached hydrogens (tertiary/aromatic N) is 3. The largest absolute Gasteiger partial charge is 0.493 e. The quantitative estimate of drug-likeness (QED) is 0.455. The summed E-state index contributed by atoms with van der Waals surface area (Å²) in [5, 5.41) is 7.39. The van der Waals surface area contributed by atoms with Gasteiger partial charge in [0.25, 0.3) is 5.89 Å². The van der Waals surface area contributed by atoms with E-state index >= 15 is 0 Å². The molecule has 1 aliphatic heterocycles. The lowest BCUT2D eigenvalue weighted by Gasteiger charge is -2.35. The molecule has 3 aromatic rings. The van der Waals surface area contributed by atoms with Gasteiger partial charge in [0.15, 0.2) is 11.5 Å². The van der Waals surface area contributed by atoms with Crippen LogP contribution in [-0.2, 0) is 0 Å². The van der Waals surface area contributed by atoms with E-state index in [0.717, 1.165) is 34.4 Å². The normalized spacial score (nSPS) is 16.0. The van der Waals surface area contributed by atoms with Crippen molar-refractivity contribution in [1.82, 2.24) is 20.4 Å². The minimum atomic E-state index is -0.405. The van der Waals surface area contributed by atoms with Gasteiger partial charge in [-0.2, -0.15) is 4.98 Å². The molecule has 1 atom stereocenters. The Morgan fingerprint density at radius 3 is 2.43 bits per heavy atom. The lowest BCUT2D eigenvalue weighted by atomic mass is 9.94. The first-order valence-electron chi connectivity index (χ1n) is 11.7. The maximum absolute atomic E-state index is 13.1. The fourth-order valence-electron chi connectivity index (χ4n) is 4.15. The van der Waals surface area contributed by atoms with Gasteiger partial charge < -0.3 is 19.3 Å². The number of hydrogen-bond acceptors (Lipinski definition) is 6. The van der Waals surface area contributed by atoms with Crippen molar-refractivity contribution in [3.05, 3.63) is 65.2 Å². The molecule has 2 amide bonds. The van der Waals surface area contributed by atoms with Gasteiger partial charge in [0.2, 0.25) is 5.82 Å². The lowest BCUT2D eigenvalue weighted by molar-refractivity contribution is 0.202. The lowest BCUT2D eigenvalue weighted by Crippen LogP contribution is -2.46. The Labute approximate surface area is 205 Å². The van der Waals surface area contributed by atoms with E-state index in [1.165, 1.54) is 0 Å². The summed E-state index contributed by atoms with van der Waals surface area (Å²) in [6, 6.07) is 13.0. The minimum absolute atomic E-state index is 0.128. The third-order valence-electron chi connectivity index (χ3n) is 6.24. The highest BCUT2D eigenvalue weighted by molar-refractivity contribution is 5.86. The summed E-state index contributed by atoms with van der Waals surface area (Å²) >= 11 is 0. The van der Waals surface area contributed by atoms with Crippen LogP contribution in [0.1, 0.15) is 50.3 Å². The molecule has 2 aromatic carbocycles. The molecule has 0 radical (unpaired) electrons. The standard InChI is InChI=1S/C27H32N4O4/c1-16(2)13-14-31-18(4)23(24(28-27(31)32)19-9-7-17(3)8-10-19)26-29-25(30-35-26)20-11-12-21(33-5)22(15-20)34-6/h7-12,15-16,24H,13-14H2,1-6H3,(H,28,32). The first-order valence-corrected chi connectivity index (χ1v) is 11.7. The smallest absolute Gasteiger partial charge is 0.322 e. The molecule has 2 heterocycles. The van der Waals surface area contributed by atoms with Gasteiger partial charge in [-0.15, -0.1) is 0 Å². The van der Waals surface area contributed by atoms with Crippen LogP contribution in [0.2, 0.25) is 0 Å². The average Bonchev–Trinajstić information content (AvgIpc) is 3.33. The van der Waals surface area contributed by atoms with Gasteiger partial charge in [0.1, 0.15) is 0 Å². The van der Waals surface area contributed by atoms with E-state index < -0.39 is 6.04 Å². The number of carbonyl (C=O) groups is 1. The molecule has 0 spiro atoms. The van der Waals surface area contributed by atoms with Gasteiger partial charge >= 0.3 is 6.03 Å². The van der Waals surface area contributed by atoms with Crippen molar-refractivity contribution in [2.75, 3.05) is 20.8 Å². The predicted molar refractivity (Wildman–Crippen MR) is 134 cm³/mol. The molecular formula is C27H32N4O4. The Morgan fingerprint density at radius 1 is 1.06 bits per heavy atom. The number of allylic oxidation sites excluding steroid dienone is 1. The van der Waals surface area contributed by atoms with Crippen molar-refractivity contribution >= 4 is 11.6 Å². The Bertz CT molecular complexity index is 1230. The van der Waals surface area contributed by atoms with E-state index in [-0.39, 0.29) is 6.03 Å². The molecule has 8 nitrogen and oxygen atoms in total. The summed E-state index contributed by atoms with van der Waals surface area (Å²) in [7, 11) is 3.17. The van der Waals surface area contributed by atoms with E-state index in [1.54, 1.807) is 25.2 Å². The molecule has 0 bridgehead atoms. The number of aryl methyl sites for hydroxylation is 1. The number of amides is 2. The number of methoxy groups -OCH3 is 2. The SMILES string of the molecule is COc1ccc(-c2noc(C3=C(C)N(CCC(C)C)C(=O)NC3c3ccc(C)cc3)n2)cc1OC. The van der Waals surface area contributed by atoms with E-state index in [2.05, 4.69) is 24.3 Å². The van der Waals surface area contributed by atoms with Crippen LogP contribution in [0, 0.1) is 12.8 Å². The van der Waals surface area contributed by atoms with E-state index in [4.69, 9.17) is 19.0 Å². The summed E-state index contributed by atoms with van der Waals surface area (Å²) in [5.74, 6) is 2.46. The highest BCUT2D eigenvalue weighted by Crippen LogP contribution is 2.38. The number of rotatable bonds is 8. The molecule has 1 aromatic heterocycles. The van der Waals surface area contributed by atoms with Crippen molar-refractivity contribution in [1.29, 1.82) is 0 Å². The molecule has 8 heteroatoms. The van der Waals surface area contributed by atoms with E-state index in [1.807, 2.05) is 50.2 Å². The number of hydrogen-bond donors (Lipinski definition) is 1. The monoisotopic (exact) mass is 476 g/mol. The van der Waals surface area contributed by atoms with Crippen LogP contribution in [0.3, 0.4) is 0 Å². The topological polar surface area (TPSA) is 89.7 Å². The molecule has 1 aliphatic rings. The molecule has 0 aliphatic carbocycles. The maximum Gasteiger partial charge on any atom is 0.322 e. The predicted octanol–water partition coefficient (Wildman–Crippen LogP) is 5.61. The summed E-state index contributed by atoms with van der Waals surface area (Å²) in [6.07, 6.45) is 0.883. The van der Waals surface area contributed by atoms with Crippen LogP contribution >= 0.6 is 0 Å². The molecule has 4 rings (SSSR count). The Morgan fingerprint density at radius 2 is 1.77 bits per heavy atom. The Kier molecular flexibility index (Phi) is 7.10. The summed E-state index contributed by atoms with van der Waals surface area (Å²) < 4.78 is 16.5. The first-order chi connectivity index (χ1) is 16.8. The first kappa shape index (κ1) is 24.3. The fourth-order valence-corrected chi connectivity index (χ4v) is 4.15. The molecule has 1 unspecified atom stereocenters. The van der Waals surface area contributed by atoms with E-state index in [9.17, 15) is 4.79 Å². The highest BCUT2D eigenvalue weighted by Gasteiger charge is 2.35. The van der Waals surface area contributed by atoms with Crippen LogP contribution in [0.15, 0.2) is 52.7 Å². The van der Waals surface area contributed by atoms with Gasteiger partial charge in [-0.25, -0.2) is 4.79 Å². The van der Waals surface area contributed by atoms with Crippen LogP contribution in [0.5, 0.6) is 11.5 Å². The number of nitrogens with one attached hydrogen (secondary N) is 1. The van der Waals surface area contributed by atoms with Gasteiger partial charge in [-0.05, 0) is 49.9 Å². The van der Waals surface area contributed by atoms with Crippen LogP contribution in [-0.4, -0.2) is 41.8 Å². The highest BCUT2D eigenvalue weighted by atomic mass is 16.5. The Hall–Kier alpha value is -3.81. The third kappa shape index (κ3) is 5.01. The maximum atomic E-state index is 13.1. The van der Waals surface area contributed by atoms with Gasteiger partial charge in [-0.1, -0.05) is 48.8 Å². The zero-order chi connectivity index (χ0) is 25.1. The average molecular weight is 477 g/mol. The second kappa shape index (κ2) is 10.2. The number of urea groups is 1. The van der Waals surface area contributed by atoms with Crippen molar-refractivity contribution in [3.8, 4) is 22.9 Å². The minimum Gasteiger partial charge on any atom is -0.493 e. The van der Waals surface area contributed by atoms with Crippen molar-refractivity contribution in [3.63, 3.8) is 0 Å². The molecule has 1 N–H and O–H groups in total.